The van der Waals surface area contributed by atoms with Crippen LogP contribution in [0.25, 0.3) is 0 Å². The van der Waals surface area contributed by atoms with Crippen LogP contribution in [0.4, 0.5) is 0 Å². The molecule has 3 unspecified atom stereocenters. The van der Waals surface area contributed by atoms with Crippen molar-refractivity contribution in [3.63, 3.8) is 0 Å². The van der Waals surface area contributed by atoms with E-state index in [1.807, 2.05) is 0 Å². The van der Waals surface area contributed by atoms with Gasteiger partial charge in [-0.1, -0.05) is 39.3 Å². The van der Waals surface area contributed by atoms with Crippen molar-refractivity contribution in [2.24, 2.45) is 22.7 Å². The van der Waals surface area contributed by atoms with Crippen LogP contribution in [0.2, 0.25) is 0 Å². The van der Waals surface area contributed by atoms with Crippen molar-refractivity contribution in [1.82, 2.24) is 0 Å². The number of rotatable bonds is 1. The molecule has 2 fully saturated rings. The Kier molecular flexibility index (Phi) is 6.90. The summed E-state index contributed by atoms with van der Waals surface area (Å²) in [6, 6.07) is 0. The number of hydrogen-bond donors (Lipinski definition) is 0. The maximum Gasteiger partial charge on any atom is 0.0294 e. The van der Waals surface area contributed by atoms with Crippen molar-refractivity contribution in [2.45, 2.75) is 52.9 Å². The van der Waals surface area contributed by atoms with Gasteiger partial charge in [0.05, 0.1) is 0 Å². The fraction of sp³-hybridized carbons (Fsp3) is 0.812. The molecular weight excluding hydrogens is 406 g/mol. The second-order valence-electron chi connectivity index (χ2n) is 6.80. The summed E-state index contributed by atoms with van der Waals surface area (Å²) in [6.45, 7) is 11.6. The molecule has 0 aliphatic heterocycles. The molecule has 0 nitrogen and oxygen atoms in total. The van der Waals surface area contributed by atoms with E-state index in [-0.39, 0.29) is 33.3 Å². The van der Waals surface area contributed by atoms with E-state index in [4.69, 9.17) is 11.6 Å². The van der Waals surface area contributed by atoms with E-state index in [9.17, 15) is 0 Å². The van der Waals surface area contributed by atoms with E-state index in [1.54, 1.807) is 0 Å². The molecule has 104 valence electrons. The van der Waals surface area contributed by atoms with Crippen molar-refractivity contribution in [3.05, 3.63) is 19.6 Å². The van der Waals surface area contributed by atoms with Gasteiger partial charge in [-0.2, -0.15) is 0 Å². The fourth-order valence-electron chi connectivity index (χ4n) is 4.56. The summed E-state index contributed by atoms with van der Waals surface area (Å²) >= 11 is 6.22. The van der Waals surface area contributed by atoms with Crippen LogP contribution >= 0.6 is 11.6 Å². The van der Waals surface area contributed by atoms with Crippen LogP contribution in [-0.2, 0) is 25.8 Å². The first kappa shape index (κ1) is 18.9. The van der Waals surface area contributed by atoms with Crippen molar-refractivity contribution in [3.8, 4) is 0 Å². The van der Waals surface area contributed by atoms with Crippen LogP contribution in [0.3, 0.4) is 0 Å². The van der Waals surface area contributed by atoms with Gasteiger partial charge in [0.2, 0.25) is 0 Å². The molecule has 0 bridgehead atoms. The quantitative estimate of drug-likeness (QED) is 0.222. The summed E-state index contributed by atoms with van der Waals surface area (Å²) in [7, 11) is 0. The van der Waals surface area contributed by atoms with Crippen LogP contribution in [0.5, 0.6) is 0 Å². The van der Waals surface area contributed by atoms with E-state index in [2.05, 4.69) is 27.4 Å². The minimum absolute atomic E-state index is 0. The second kappa shape index (κ2) is 6.57. The molecule has 3 atom stereocenters. The molecule has 2 aliphatic carbocycles. The monoisotopic (exact) mass is 435 g/mol. The van der Waals surface area contributed by atoms with Gasteiger partial charge < -0.3 is 7.43 Å². The van der Waals surface area contributed by atoms with Crippen LogP contribution in [0.1, 0.15) is 52.9 Å². The standard InChI is InChI=1S/C15H25Cl.CH3.Hf/c1-11-6-7-13-14(2,3)8-5-9-15(13,4)12(11)10-16;;/h12-13H,1,5-10H2,2-4H3;1H3;/q;-1;. The maximum atomic E-state index is 6.22. The third-order valence-electron chi connectivity index (χ3n) is 5.47. The minimum Gasteiger partial charge on any atom is -0.358 e. The summed E-state index contributed by atoms with van der Waals surface area (Å²) in [6.07, 6.45) is 6.61. The molecule has 0 aromatic carbocycles. The molecule has 0 radical (unpaired) electrons. The number of halogens is 1. The first-order valence-electron chi connectivity index (χ1n) is 6.65. The van der Waals surface area contributed by atoms with Crippen LogP contribution < -0.4 is 0 Å². The average molecular weight is 434 g/mol. The van der Waals surface area contributed by atoms with Gasteiger partial charge in [0.1, 0.15) is 0 Å². The van der Waals surface area contributed by atoms with Gasteiger partial charge in [-0.05, 0) is 48.3 Å². The summed E-state index contributed by atoms with van der Waals surface area (Å²) < 4.78 is 0. The predicted molar refractivity (Wildman–Crippen MR) is 78.2 cm³/mol. The first-order valence-corrected chi connectivity index (χ1v) is 7.19. The van der Waals surface area contributed by atoms with Crippen molar-refractivity contribution in [1.29, 1.82) is 0 Å². The molecule has 2 rings (SSSR count). The molecule has 0 N–H and O–H groups in total. The number of hydrogen-bond acceptors (Lipinski definition) is 0. The molecule has 2 aliphatic rings. The largest absolute Gasteiger partial charge is 0.358 e. The molecular formula is C16H28ClHf-. The molecule has 0 heterocycles. The second-order valence-corrected chi connectivity index (χ2v) is 7.11. The van der Waals surface area contributed by atoms with E-state index in [1.165, 1.54) is 37.7 Å². The Labute approximate surface area is 138 Å². The third-order valence-corrected chi connectivity index (χ3v) is 5.78. The molecule has 0 aromatic rings. The predicted octanol–water partition coefficient (Wildman–Crippen LogP) is 5.47. The van der Waals surface area contributed by atoms with Gasteiger partial charge in [-0.25, -0.2) is 0 Å². The molecule has 0 amide bonds. The van der Waals surface area contributed by atoms with E-state index < -0.39 is 0 Å². The molecule has 2 heteroatoms. The molecule has 0 spiro atoms. The Morgan fingerprint density at radius 1 is 1.28 bits per heavy atom. The van der Waals surface area contributed by atoms with E-state index >= 15 is 0 Å². The van der Waals surface area contributed by atoms with Gasteiger partial charge in [-0.15, -0.1) is 11.6 Å². The van der Waals surface area contributed by atoms with Crippen LogP contribution in [0, 0.1) is 30.1 Å². The van der Waals surface area contributed by atoms with Gasteiger partial charge in [0.25, 0.3) is 0 Å². The summed E-state index contributed by atoms with van der Waals surface area (Å²) in [5, 5.41) is 0. The molecule has 2 saturated carbocycles. The number of fused-ring (bicyclic) bond motifs is 1. The smallest absolute Gasteiger partial charge is 0.0294 e. The Bertz CT molecular complexity index is 297. The number of alkyl halides is 1. The van der Waals surface area contributed by atoms with E-state index in [0.29, 0.717) is 16.7 Å². The summed E-state index contributed by atoms with van der Waals surface area (Å²) in [5.74, 6) is 2.15. The summed E-state index contributed by atoms with van der Waals surface area (Å²) in [5.41, 5.74) is 2.32. The molecule has 0 saturated heterocycles. The zero-order chi connectivity index (χ0) is 12.0. The Morgan fingerprint density at radius 2 is 1.89 bits per heavy atom. The average Bonchev–Trinajstić information content (AvgIpc) is 2.15. The zero-order valence-corrected chi connectivity index (χ0v) is 16.8. The van der Waals surface area contributed by atoms with Gasteiger partial charge in [0, 0.05) is 31.7 Å². The molecule has 18 heavy (non-hydrogen) atoms. The van der Waals surface area contributed by atoms with Crippen molar-refractivity contribution < 1.29 is 25.8 Å². The number of allylic oxidation sites excluding steroid dienone is 1. The molecule has 0 aromatic heterocycles. The normalized spacial score (nSPS) is 38.1. The Hall–Kier alpha value is 0.900. The first-order chi connectivity index (χ1) is 7.42. The van der Waals surface area contributed by atoms with Crippen molar-refractivity contribution in [2.75, 3.05) is 5.88 Å². The minimum atomic E-state index is 0. The van der Waals surface area contributed by atoms with Gasteiger partial charge in [0.15, 0.2) is 0 Å². The van der Waals surface area contributed by atoms with Crippen LogP contribution in [-0.4, -0.2) is 5.88 Å². The van der Waals surface area contributed by atoms with Gasteiger partial charge >= 0.3 is 0 Å². The Balaban J connectivity index is 0.00000144. The van der Waals surface area contributed by atoms with E-state index in [0.717, 1.165) is 11.8 Å². The fourth-order valence-corrected chi connectivity index (χ4v) is 5.13. The third kappa shape index (κ3) is 2.97. The Morgan fingerprint density at radius 3 is 2.44 bits per heavy atom. The van der Waals surface area contributed by atoms with Crippen molar-refractivity contribution >= 4 is 11.6 Å². The topological polar surface area (TPSA) is 0 Å². The zero-order valence-electron chi connectivity index (χ0n) is 12.5. The SMILES string of the molecule is C=C1CCC2C(C)(C)CCCC2(C)C1CCl.[CH3-].[Hf]. The maximum absolute atomic E-state index is 6.22. The van der Waals surface area contributed by atoms with Gasteiger partial charge in [-0.3, -0.25) is 0 Å². The summed E-state index contributed by atoms with van der Waals surface area (Å²) in [4.78, 5) is 0. The van der Waals surface area contributed by atoms with Crippen LogP contribution in [0.15, 0.2) is 12.2 Å².